The Morgan fingerprint density at radius 3 is 2.73 bits per heavy atom. The number of halogens is 3. The molecule has 1 aromatic rings. The van der Waals surface area contributed by atoms with Crippen molar-refractivity contribution in [3.63, 3.8) is 0 Å². The van der Waals surface area contributed by atoms with E-state index in [-0.39, 0.29) is 17.1 Å². The maximum absolute atomic E-state index is 12.9. The lowest BCUT2D eigenvalue weighted by Crippen LogP contribution is -2.54. The monoisotopic (exact) mass is 313 g/mol. The summed E-state index contributed by atoms with van der Waals surface area (Å²) >= 11 is 0. The SMILES string of the molecule is Cc1c(OC2CCC3(C2)CN(C=O)C3)cccc1C(F)(F)F. The molecule has 3 rings (SSSR count). The summed E-state index contributed by atoms with van der Waals surface area (Å²) in [5, 5.41) is 0. The molecule has 1 unspecified atom stereocenters. The molecule has 0 bridgehead atoms. The van der Waals surface area contributed by atoms with Crippen molar-refractivity contribution in [2.75, 3.05) is 13.1 Å². The Morgan fingerprint density at radius 1 is 1.36 bits per heavy atom. The van der Waals surface area contributed by atoms with Gasteiger partial charge in [-0.25, -0.2) is 0 Å². The zero-order valence-electron chi connectivity index (χ0n) is 12.3. The molecule has 1 aromatic carbocycles. The third-order valence-electron chi connectivity index (χ3n) is 4.77. The van der Waals surface area contributed by atoms with Gasteiger partial charge in [-0.1, -0.05) is 6.07 Å². The lowest BCUT2D eigenvalue weighted by Gasteiger charge is -2.46. The highest BCUT2D eigenvalue weighted by Gasteiger charge is 2.48. The smallest absolute Gasteiger partial charge is 0.416 e. The van der Waals surface area contributed by atoms with Crippen molar-refractivity contribution < 1.29 is 22.7 Å². The van der Waals surface area contributed by atoms with Crippen LogP contribution in [0.15, 0.2) is 18.2 Å². The molecule has 1 atom stereocenters. The molecule has 2 aliphatic rings. The van der Waals surface area contributed by atoms with Gasteiger partial charge < -0.3 is 9.64 Å². The third kappa shape index (κ3) is 2.66. The van der Waals surface area contributed by atoms with Crippen molar-refractivity contribution in [2.24, 2.45) is 5.41 Å². The maximum atomic E-state index is 12.9. The Labute approximate surface area is 127 Å². The lowest BCUT2D eigenvalue weighted by molar-refractivity contribution is -0.138. The van der Waals surface area contributed by atoms with Crippen LogP contribution in [0.2, 0.25) is 0 Å². The van der Waals surface area contributed by atoms with E-state index >= 15 is 0 Å². The predicted octanol–water partition coefficient (Wildman–Crippen LogP) is 3.40. The van der Waals surface area contributed by atoms with E-state index in [4.69, 9.17) is 4.74 Å². The highest BCUT2D eigenvalue weighted by Crippen LogP contribution is 2.46. The second-order valence-electron chi connectivity index (χ2n) is 6.42. The first-order valence-electron chi connectivity index (χ1n) is 7.36. The molecular weight excluding hydrogens is 295 g/mol. The summed E-state index contributed by atoms with van der Waals surface area (Å²) in [5.74, 6) is 0.309. The third-order valence-corrected chi connectivity index (χ3v) is 4.77. The van der Waals surface area contributed by atoms with Crippen LogP contribution in [0.5, 0.6) is 5.75 Å². The average molecular weight is 313 g/mol. The normalized spacial score (nSPS) is 23.5. The molecule has 0 N–H and O–H groups in total. The van der Waals surface area contributed by atoms with Gasteiger partial charge in [-0.2, -0.15) is 13.2 Å². The number of amides is 1. The molecule has 1 saturated carbocycles. The van der Waals surface area contributed by atoms with Crippen LogP contribution in [0, 0.1) is 12.3 Å². The van der Waals surface area contributed by atoms with Gasteiger partial charge in [-0.3, -0.25) is 4.79 Å². The maximum Gasteiger partial charge on any atom is 0.416 e. The molecular formula is C16H18F3NO2. The highest BCUT2D eigenvalue weighted by molar-refractivity contribution is 5.49. The van der Waals surface area contributed by atoms with Crippen LogP contribution >= 0.6 is 0 Å². The largest absolute Gasteiger partial charge is 0.490 e. The molecule has 1 amide bonds. The first-order chi connectivity index (χ1) is 10.3. The van der Waals surface area contributed by atoms with Crippen LogP contribution in [0.4, 0.5) is 13.2 Å². The van der Waals surface area contributed by atoms with E-state index in [1.165, 1.54) is 13.0 Å². The van der Waals surface area contributed by atoms with Gasteiger partial charge in [0, 0.05) is 24.1 Å². The van der Waals surface area contributed by atoms with Crippen LogP contribution in [0.3, 0.4) is 0 Å². The number of ether oxygens (including phenoxy) is 1. The number of nitrogens with zero attached hydrogens (tertiary/aromatic N) is 1. The minimum absolute atomic E-state index is 0.0732. The van der Waals surface area contributed by atoms with Gasteiger partial charge in [-0.15, -0.1) is 0 Å². The molecule has 6 heteroatoms. The van der Waals surface area contributed by atoms with Gasteiger partial charge >= 0.3 is 6.18 Å². The van der Waals surface area contributed by atoms with Crippen molar-refractivity contribution >= 4 is 6.41 Å². The van der Waals surface area contributed by atoms with E-state index in [1.54, 1.807) is 11.0 Å². The lowest BCUT2D eigenvalue weighted by atomic mass is 9.78. The Hall–Kier alpha value is -1.72. The van der Waals surface area contributed by atoms with E-state index in [1.807, 2.05) is 0 Å². The Kier molecular flexibility index (Phi) is 3.57. The fourth-order valence-corrected chi connectivity index (χ4v) is 3.66. The standard InChI is InChI=1S/C16H18F3NO2/c1-11-13(16(17,18)19)3-2-4-14(11)22-12-5-6-15(7-12)8-20(9-15)10-21/h2-4,10,12H,5-9H2,1H3. The van der Waals surface area contributed by atoms with Crippen LogP contribution in [0.25, 0.3) is 0 Å². The molecule has 22 heavy (non-hydrogen) atoms. The van der Waals surface area contributed by atoms with Gasteiger partial charge in [-0.05, 0) is 38.3 Å². The summed E-state index contributed by atoms with van der Waals surface area (Å²) in [7, 11) is 0. The van der Waals surface area contributed by atoms with Gasteiger partial charge in [0.2, 0.25) is 6.41 Å². The van der Waals surface area contributed by atoms with Crippen molar-refractivity contribution in [1.29, 1.82) is 0 Å². The second-order valence-corrected chi connectivity index (χ2v) is 6.42. The molecule has 1 spiro atoms. The number of hydrogen-bond donors (Lipinski definition) is 0. The Bertz CT molecular complexity index is 579. The number of carbonyl (C=O) groups excluding carboxylic acids is 1. The summed E-state index contributed by atoms with van der Waals surface area (Å²) in [4.78, 5) is 12.4. The Morgan fingerprint density at radius 2 is 2.09 bits per heavy atom. The molecule has 0 aromatic heterocycles. The zero-order valence-corrected chi connectivity index (χ0v) is 12.3. The number of alkyl halides is 3. The fraction of sp³-hybridized carbons (Fsp3) is 0.562. The summed E-state index contributed by atoms with van der Waals surface area (Å²) < 4.78 is 44.6. The fourth-order valence-electron chi connectivity index (χ4n) is 3.66. The van der Waals surface area contributed by atoms with Crippen LogP contribution in [0.1, 0.15) is 30.4 Å². The topological polar surface area (TPSA) is 29.5 Å². The summed E-state index contributed by atoms with van der Waals surface area (Å²) in [5.41, 5.74) is -0.395. The molecule has 2 fully saturated rings. The van der Waals surface area contributed by atoms with E-state index in [2.05, 4.69) is 0 Å². The van der Waals surface area contributed by atoms with E-state index in [9.17, 15) is 18.0 Å². The van der Waals surface area contributed by atoms with Gasteiger partial charge in [0.1, 0.15) is 5.75 Å². The molecule has 1 aliphatic carbocycles. The minimum atomic E-state index is -4.36. The Balaban J connectivity index is 1.69. The average Bonchev–Trinajstić information content (AvgIpc) is 2.82. The van der Waals surface area contributed by atoms with E-state index in [0.29, 0.717) is 5.75 Å². The number of likely N-dealkylation sites (tertiary alicyclic amines) is 1. The summed E-state index contributed by atoms with van der Waals surface area (Å²) in [6, 6.07) is 4.05. The van der Waals surface area contributed by atoms with Crippen LogP contribution < -0.4 is 4.74 Å². The minimum Gasteiger partial charge on any atom is -0.490 e. The van der Waals surface area contributed by atoms with Crippen molar-refractivity contribution in [3.8, 4) is 5.75 Å². The van der Waals surface area contributed by atoms with Gasteiger partial charge in [0.15, 0.2) is 0 Å². The summed E-state index contributed by atoms with van der Waals surface area (Å²) in [6.07, 6.45) is -1.01. The van der Waals surface area contributed by atoms with E-state index < -0.39 is 11.7 Å². The number of carbonyl (C=O) groups is 1. The van der Waals surface area contributed by atoms with Gasteiger partial charge in [0.05, 0.1) is 11.7 Å². The number of benzene rings is 1. The molecule has 3 nitrogen and oxygen atoms in total. The summed E-state index contributed by atoms with van der Waals surface area (Å²) in [6.45, 7) is 2.91. The van der Waals surface area contributed by atoms with Crippen molar-refractivity contribution in [3.05, 3.63) is 29.3 Å². The van der Waals surface area contributed by atoms with Gasteiger partial charge in [0.25, 0.3) is 0 Å². The molecule has 1 heterocycles. The van der Waals surface area contributed by atoms with E-state index in [0.717, 1.165) is 44.8 Å². The van der Waals surface area contributed by atoms with Crippen molar-refractivity contribution in [1.82, 2.24) is 4.90 Å². The first kappa shape index (κ1) is 15.2. The van der Waals surface area contributed by atoms with Crippen molar-refractivity contribution in [2.45, 2.75) is 38.5 Å². The number of hydrogen-bond acceptors (Lipinski definition) is 2. The first-order valence-corrected chi connectivity index (χ1v) is 7.36. The molecule has 0 radical (unpaired) electrons. The predicted molar refractivity (Wildman–Crippen MR) is 74.5 cm³/mol. The quantitative estimate of drug-likeness (QED) is 0.801. The molecule has 1 aliphatic heterocycles. The number of rotatable bonds is 3. The highest BCUT2D eigenvalue weighted by atomic mass is 19.4. The molecule has 120 valence electrons. The van der Waals surface area contributed by atoms with Crippen LogP contribution in [-0.4, -0.2) is 30.5 Å². The zero-order chi connectivity index (χ0) is 16.0. The van der Waals surface area contributed by atoms with Crippen LogP contribution in [-0.2, 0) is 11.0 Å². The molecule has 1 saturated heterocycles. The second kappa shape index (κ2) is 5.18.